The Morgan fingerprint density at radius 2 is 1.96 bits per heavy atom. The second-order valence-electron chi connectivity index (χ2n) is 7.65. The number of pyridine rings is 1. The number of carboxylic acid groups (broad SMARTS) is 1. The Morgan fingerprint density at radius 1 is 1.21 bits per heavy atom. The van der Waals surface area contributed by atoms with Gasteiger partial charge in [0.25, 0.3) is 0 Å². The highest BCUT2D eigenvalue weighted by atomic mass is 16.4. The monoisotopic (exact) mass is 372 g/mol. The molecule has 2 aromatic carbocycles. The van der Waals surface area contributed by atoms with Crippen molar-refractivity contribution in [2.45, 2.75) is 32.4 Å². The molecule has 2 heterocycles. The first kappa shape index (κ1) is 16.8. The van der Waals surface area contributed by atoms with Crippen molar-refractivity contribution in [3.8, 4) is 11.1 Å². The average molecular weight is 372 g/mol. The van der Waals surface area contributed by atoms with E-state index in [4.69, 9.17) is 0 Å². The molecule has 0 bridgehead atoms. The van der Waals surface area contributed by atoms with Gasteiger partial charge in [0.15, 0.2) is 0 Å². The highest BCUT2D eigenvalue weighted by Crippen LogP contribution is 2.39. The van der Waals surface area contributed by atoms with Crippen LogP contribution in [-0.2, 0) is 6.54 Å². The maximum absolute atomic E-state index is 12.7. The van der Waals surface area contributed by atoms with Gasteiger partial charge in [0.2, 0.25) is 5.43 Å². The Hall–Kier alpha value is -3.34. The van der Waals surface area contributed by atoms with Gasteiger partial charge in [-0.1, -0.05) is 24.8 Å². The highest BCUT2D eigenvalue weighted by Gasteiger charge is 2.28. The van der Waals surface area contributed by atoms with Crippen molar-refractivity contribution < 1.29 is 9.90 Å². The molecule has 1 fully saturated rings. The van der Waals surface area contributed by atoms with E-state index in [0.717, 1.165) is 52.9 Å². The van der Waals surface area contributed by atoms with E-state index in [9.17, 15) is 14.7 Å². The van der Waals surface area contributed by atoms with Gasteiger partial charge in [-0.2, -0.15) is 0 Å². The number of nitrogens with one attached hydrogen (secondary N) is 1. The van der Waals surface area contributed by atoms with Gasteiger partial charge < -0.3 is 15.0 Å². The third-order valence-corrected chi connectivity index (χ3v) is 5.85. The molecule has 1 saturated carbocycles. The molecule has 1 aliphatic heterocycles. The van der Waals surface area contributed by atoms with Crippen molar-refractivity contribution in [1.82, 2.24) is 9.88 Å². The van der Waals surface area contributed by atoms with Crippen LogP contribution in [0.4, 0.5) is 0 Å². The molecule has 2 N–H and O–H groups in total. The predicted octanol–water partition coefficient (Wildman–Crippen LogP) is 4.08. The molecule has 0 radical (unpaired) electrons. The van der Waals surface area contributed by atoms with Gasteiger partial charge >= 0.3 is 5.97 Å². The average Bonchev–Trinajstić information content (AvgIpc) is 3.45. The number of carbonyl (C=O) groups is 1. The van der Waals surface area contributed by atoms with Crippen LogP contribution in [0.5, 0.6) is 0 Å². The summed E-state index contributed by atoms with van der Waals surface area (Å²) in [4.78, 5) is 24.3. The molecule has 1 aliphatic carbocycles. The molecular weight excluding hydrogens is 352 g/mol. The number of hydrogen-bond donors (Lipinski definition) is 2. The fourth-order valence-corrected chi connectivity index (χ4v) is 4.23. The summed E-state index contributed by atoms with van der Waals surface area (Å²) in [6.45, 7) is 6.81. The van der Waals surface area contributed by atoms with Gasteiger partial charge in [-0.25, -0.2) is 4.79 Å². The van der Waals surface area contributed by atoms with Crippen molar-refractivity contribution in [1.29, 1.82) is 0 Å². The largest absolute Gasteiger partial charge is 0.477 e. The number of carboxylic acids is 1. The predicted molar refractivity (Wildman–Crippen MR) is 109 cm³/mol. The maximum Gasteiger partial charge on any atom is 0.341 e. The lowest BCUT2D eigenvalue weighted by atomic mass is 9.94. The minimum atomic E-state index is -1.17. The molecule has 28 heavy (non-hydrogen) atoms. The standard InChI is InChI=1S/C23H20N2O3/c1-12-17(14-3-6-18-13(2)24-10-15(18)9-14)7-8-19-21(12)25(16-4-5-16)11-20(22(19)26)23(27)28/h3,6-9,11,16,24H,2,4-5,10H2,1H3,(H,27,28). The Labute approximate surface area is 161 Å². The van der Waals surface area contributed by atoms with Gasteiger partial charge in [0.1, 0.15) is 5.56 Å². The van der Waals surface area contributed by atoms with Crippen LogP contribution in [-0.4, -0.2) is 15.6 Å². The van der Waals surface area contributed by atoms with Crippen LogP contribution in [0, 0.1) is 6.92 Å². The van der Waals surface area contributed by atoms with E-state index in [1.165, 1.54) is 11.8 Å². The zero-order chi connectivity index (χ0) is 19.6. The number of aromatic carboxylic acids is 1. The summed E-state index contributed by atoms with van der Waals surface area (Å²) in [5.74, 6) is -1.17. The van der Waals surface area contributed by atoms with E-state index in [0.29, 0.717) is 5.39 Å². The highest BCUT2D eigenvalue weighted by molar-refractivity contribution is 5.95. The molecule has 5 nitrogen and oxygen atoms in total. The number of hydrogen-bond acceptors (Lipinski definition) is 3. The summed E-state index contributed by atoms with van der Waals surface area (Å²) >= 11 is 0. The summed E-state index contributed by atoms with van der Waals surface area (Å²) in [5.41, 5.74) is 6.72. The first-order valence-corrected chi connectivity index (χ1v) is 9.44. The Bertz CT molecular complexity index is 1250. The quantitative estimate of drug-likeness (QED) is 0.727. The van der Waals surface area contributed by atoms with Crippen LogP contribution < -0.4 is 10.7 Å². The number of nitrogens with zero attached hydrogens (tertiary/aromatic N) is 1. The van der Waals surface area contributed by atoms with Crippen LogP contribution in [0.2, 0.25) is 0 Å². The Morgan fingerprint density at radius 3 is 2.68 bits per heavy atom. The topological polar surface area (TPSA) is 71.3 Å². The number of aromatic nitrogens is 1. The molecule has 0 saturated heterocycles. The van der Waals surface area contributed by atoms with Crippen molar-refractivity contribution in [3.05, 3.63) is 75.6 Å². The van der Waals surface area contributed by atoms with Crippen LogP contribution in [0.1, 0.15) is 45.9 Å². The van der Waals surface area contributed by atoms with Crippen LogP contribution >= 0.6 is 0 Å². The molecule has 0 amide bonds. The number of benzene rings is 2. The molecule has 5 rings (SSSR count). The van der Waals surface area contributed by atoms with Crippen molar-refractivity contribution >= 4 is 22.6 Å². The lowest BCUT2D eigenvalue weighted by Crippen LogP contribution is -2.19. The van der Waals surface area contributed by atoms with Crippen LogP contribution in [0.3, 0.4) is 0 Å². The third kappa shape index (κ3) is 2.39. The van der Waals surface area contributed by atoms with E-state index in [1.54, 1.807) is 6.07 Å². The van der Waals surface area contributed by atoms with E-state index in [1.807, 2.05) is 17.6 Å². The molecule has 3 aromatic rings. The van der Waals surface area contributed by atoms with Gasteiger partial charge in [-0.3, -0.25) is 4.79 Å². The molecule has 0 spiro atoms. The normalized spacial score (nSPS) is 15.5. The van der Waals surface area contributed by atoms with E-state index in [-0.39, 0.29) is 11.6 Å². The van der Waals surface area contributed by atoms with Gasteiger partial charge in [-0.05, 0) is 54.2 Å². The molecule has 2 aliphatic rings. The summed E-state index contributed by atoms with van der Waals surface area (Å²) in [6, 6.07) is 10.3. The van der Waals surface area contributed by atoms with Crippen molar-refractivity contribution in [2.75, 3.05) is 0 Å². The molecule has 140 valence electrons. The van der Waals surface area contributed by atoms with E-state index >= 15 is 0 Å². The second kappa shape index (κ2) is 5.83. The zero-order valence-electron chi connectivity index (χ0n) is 15.6. The first-order chi connectivity index (χ1) is 13.5. The fourth-order valence-electron chi connectivity index (χ4n) is 4.23. The zero-order valence-corrected chi connectivity index (χ0v) is 15.6. The summed E-state index contributed by atoms with van der Waals surface area (Å²) in [6.07, 6.45) is 3.54. The number of fused-ring (bicyclic) bond motifs is 2. The molecular formula is C23H20N2O3. The third-order valence-electron chi connectivity index (χ3n) is 5.85. The second-order valence-corrected chi connectivity index (χ2v) is 7.65. The molecule has 0 unspecified atom stereocenters. The van der Waals surface area contributed by atoms with Gasteiger partial charge in [0, 0.05) is 35.4 Å². The SMILES string of the molecule is C=C1NCc2cc(-c3ccc4c(=O)c(C(=O)O)cn(C5CC5)c4c3C)ccc21. The van der Waals surface area contributed by atoms with Gasteiger partial charge in [-0.15, -0.1) is 0 Å². The van der Waals surface area contributed by atoms with E-state index in [2.05, 4.69) is 30.1 Å². The summed E-state index contributed by atoms with van der Waals surface area (Å²) < 4.78 is 2.00. The lowest BCUT2D eigenvalue weighted by molar-refractivity contribution is 0.0695. The Kier molecular flexibility index (Phi) is 3.50. The van der Waals surface area contributed by atoms with E-state index < -0.39 is 11.4 Å². The minimum Gasteiger partial charge on any atom is -0.477 e. The number of rotatable bonds is 3. The fraction of sp³-hybridized carbons (Fsp3) is 0.217. The maximum atomic E-state index is 12.7. The lowest BCUT2D eigenvalue weighted by Gasteiger charge is -2.17. The summed E-state index contributed by atoms with van der Waals surface area (Å²) in [7, 11) is 0. The van der Waals surface area contributed by atoms with Crippen LogP contribution in [0.15, 0.2) is 47.9 Å². The summed E-state index contributed by atoms with van der Waals surface area (Å²) in [5, 5.41) is 13.2. The van der Waals surface area contributed by atoms with Crippen LogP contribution in [0.25, 0.3) is 27.7 Å². The molecule has 1 aromatic heterocycles. The number of aryl methyl sites for hydroxylation is 1. The smallest absolute Gasteiger partial charge is 0.341 e. The van der Waals surface area contributed by atoms with Gasteiger partial charge in [0.05, 0.1) is 5.52 Å². The van der Waals surface area contributed by atoms with Crippen molar-refractivity contribution in [3.63, 3.8) is 0 Å². The molecule has 5 heteroatoms. The Balaban J connectivity index is 1.77. The minimum absolute atomic E-state index is 0.159. The first-order valence-electron chi connectivity index (χ1n) is 9.44. The van der Waals surface area contributed by atoms with Crippen molar-refractivity contribution in [2.24, 2.45) is 0 Å². The molecule has 0 atom stereocenters.